The number of benzene rings is 3. The monoisotopic (exact) mass is 382 g/mol. The van der Waals surface area contributed by atoms with E-state index in [4.69, 9.17) is 0 Å². The largest absolute Gasteiger partial charge is 0.383 e. The first-order valence-electron chi connectivity index (χ1n) is 9.38. The second-order valence-corrected chi connectivity index (χ2v) is 7.49. The Balaban J connectivity index is 1.80. The molecule has 3 aromatic carbocycles. The lowest BCUT2D eigenvalue weighted by molar-refractivity contribution is -0.148. The van der Waals surface area contributed by atoms with Crippen LogP contribution in [0.15, 0.2) is 66.7 Å². The second-order valence-electron chi connectivity index (χ2n) is 7.49. The number of halogens is 2. The molecule has 3 aromatic rings. The van der Waals surface area contributed by atoms with Gasteiger partial charge in [0.2, 0.25) is 0 Å². The smallest absolute Gasteiger partial charge is 0.267 e. The summed E-state index contributed by atoms with van der Waals surface area (Å²) in [6.07, 6.45) is -2.33. The van der Waals surface area contributed by atoms with Gasteiger partial charge in [0, 0.05) is 0 Å². The van der Waals surface area contributed by atoms with Crippen molar-refractivity contribution in [2.45, 2.75) is 38.7 Å². The van der Waals surface area contributed by atoms with Crippen LogP contribution in [-0.4, -0.2) is 22.9 Å². The molecule has 3 rings (SSSR count). The maximum Gasteiger partial charge on any atom is 0.267 e. The van der Waals surface area contributed by atoms with Gasteiger partial charge in [-0.15, -0.1) is 0 Å². The number of alkyl halides is 2. The summed E-state index contributed by atoms with van der Waals surface area (Å²) in [6.45, 7) is 2.29. The van der Waals surface area contributed by atoms with E-state index in [0.29, 0.717) is 6.42 Å². The molecule has 0 saturated carbocycles. The zero-order chi connectivity index (χ0) is 20.3. The Bertz CT molecular complexity index is 965. The molecule has 4 heteroatoms. The Morgan fingerprint density at radius 1 is 0.964 bits per heavy atom. The van der Waals surface area contributed by atoms with Crippen molar-refractivity contribution in [2.75, 3.05) is 0 Å². The highest BCUT2D eigenvalue weighted by Crippen LogP contribution is 2.30. The summed E-state index contributed by atoms with van der Waals surface area (Å²) in [5.41, 5.74) is 0.918. The van der Waals surface area contributed by atoms with E-state index in [1.807, 2.05) is 42.5 Å². The first-order valence-corrected chi connectivity index (χ1v) is 9.38. The number of carbonyl (C=O) groups excluding carboxylic acids is 1. The zero-order valence-electron chi connectivity index (χ0n) is 16.0. The molecule has 0 aliphatic rings. The quantitative estimate of drug-likeness (QED) is 0.572. The Hall–Kier alpha value is -2.59. The normalized spacial score (nSPS) is 14.8. The van der Waals surface area contributed by atoms with E-state index >= 15 is 0 Å². The third kappa shape index (κ3) is 4.28. The van der Waals surface area contributed by atoms with E-state index in [-0.39, 0.29) is 6.42 Å². The topological polar surface area (TPSA) is 37.3 Å². The lowest BCUT2D eigenvalue weighted by Gasteiger charge is -2.30. The SMILES string of the molecule is CC(=O)[C@@H](CCc1ccc2cc(-c3ccccc3)ccc2c1)[C@](C)(O)C(F)F. The molecule has 0 spiro atoms. The average Bonchev–Trinajstić information content (AvgIpc) is 2.67. The molecule has 0 unspecified atom stereocenters. The number of hydrogen-bond donors (Lipinski definition) is 1. The van der Waals surface area contributed by atoms with Gasteiger partial charge in [0.25, 0.3) is 6.43 Å². The van der Waals surface area contributed by atoms with Gasteiger partial charge in [-0.1, -0.05) is 60.7 Å². The van der Waals surface area contributed by atoms with Gasteiger partial charge in [0.05, 0.1) is 5.92 Å². The zero-order valence-corrected chi connectivity index (χ0v) is 16.0. The summed E-state index contributed by atoms with van der Waals surface area (Å²) >= 11 is 0. The summed E-state index contributed by atoms with van der Waals surface area (Å²) < 4.78 is 26.3. The molecule has 0 aliphatic carbocycles. The van der Waals surface area contributed by atoms with Gasteiger partial charge < -0.3 is 5.11 Å². The number of aryl methyl sites for hydroxylation is 1. The molecule has 1 N–H and O–H groups in total. The number of aliphatic hydroxyl groups is 1. The molecular weight excluding hydrogens is 358 g/mol. The fourth-order valence-corrected chi connectivity index (χ4v) is 3.63. The number of carbonyl (C=O) groups is 1. The third-order valence-corrected chi connectivity index (χ3v) is 5.37. The predicted molar refractivity (Wildman–Crippen MR) is 109 cm³/mol. The maximum absolute atomic E-state index is 13.1. The van der Waals surface area contributed by atoms with E-state index in [1.165, 1.54) is 6.92 Å². The second kappa shape index (κ2) is 8.19. The third-order valence-electron chi connectivity index (χ3n) is 5.37. The van der Waals surface area contributed by atoms with Crippen molar-refractivity contribution in [1.29, 1.82) is 0 Å². The standard InChI is InChI=1S/C24H24F2O2/c1-16(27)22(24(2,28)23(25)26)13-9-17-8-10-21-15-20(12-11-19(21)14-17)18-6-4-3-5-7-18/h3-8,10-12,14-15,22-23,28H,9,13H2,1-2H3/t22-,24+/m1/s1. The van der Waals surface area contributed by atoms with Crippen molar-refractivity contribution in [3.05, 3.63) is 72.3 Å². The van der Waals surface area contributed by atoms with Crippen LogP contribution >= 0.6 is 0 Å². The first-order chi connectivity index (χ1) is 13.3. The Morgan fingerprint density at radius 3 is 2.25 bits per heavy atom. The highest BCUT2D eigenvalue weighted by atomic mass is 19.3. The van der Waals surface area contributed by atoms with Gasteiger partial charge in [-0.05, 0) is 60.2 Å². The Kier molecular flexibility index (Phi) is 5.90. The molecular formula is C24H24F2O2. The summed E-state index contributed by atoms with van der Waals surface area (Å²) in [5, 5.41) is 12.2. The molecule has 0 aliphatic heterocycles. The number of Topliss-reactive ketones (excluding diaryl/α,β-unsaturated/α-hetero) is 1. The summed E-state index contributed by atoms with van der Waals surface area (Å²) in [5.74, 6) is -1.51. The summed E-state index contributed by atoms with van der Waals surface area (Å²) in [4.78, 5) is 11.8. The molecule has 0 aromatic heterocycles. The van der Waals surface area contributed by atoms with Crippen molar-refractivity contribution in [3.63, 3.8) is 0 Å². The summed E-state index contributed by atoms with van der Waals surface area (Å²) in [7, 11) is 0. The number of fused-ring (bicyclic) bond motifs is 1. The molecule has 2 nitrogen and oxygen atoms in total. The van der Waals surface area contributed by atoms with Crippen molar-refractivity contribution >= 4 is 16.6 Å². The van der Waals surface area contributed by atoms with E-state index < -0.39 is 23.7 Å². The van der Waals surface area contributed by atoms with E-state index in [1.54, 1.807) is 0 Å². The van der Waals surface area contributed by atoms with Gasteiger partial charge in [-0.3, -0.25) is 4.79 Å². The lowest BCUT2D eigenvalue weighted by atomic mass is 9.82. The molecule has 146 valence electrons. The van der Waals surface area contributed by atoms with E-state index in [0.717, 1.165) is 34.4 Å². The van der Waals surface area contributed by atoms with Gasteiger partial charge in [0.1, 0.15) is 11.4 Å². The van der Waals surface area contributed by atoms with Gasteiger partial charge in [-0.2, -0.15) is 0 Å². The van der Waals surface area contributed by atoms with E-state index in [9.17, 15) is 18.7 Å². The highest BCUT2D eigenvalue weighted by molar-refractivity contribution is 5.88. The molecule has 0 radical (unpaired) electrons. The number of rotatable bonds is 7. The van der Waals surface area contributed by atoms with Crippen molar-refractivity contribution < 1.29 is 18.7 Å². The van der Waals surface area contributed by atoms with Gasteiger partial charge in [-0.25, -0.2) is 8.78 Å². The Morgan fingerprint density at radius 2 is 1.61 bits per heavy atom. The Labute approximate surface area is 163 Å². The minimum Gasteiger partial charge on any atom is -0.383 e. The van der Waals surface area contributed by atoms with Crippen LogP contribution in [0.2, 0.25) is 0 Å². The maximum atomic E-state index is 13.1. The first kappa shape index (κ1) is 20.2. The van der Waals surface area contributed by atoms with Gasteiger partial charge in [0.15, 0.2) is 0 Å². The molecule has 28 heavy (non-hydrogen) atoms. The number of ketones is 1. The molecule has 0 fully saturated rings. The molecule has 0 amide bonds. The lowest BCUT2D eigenvalue weighted by Crippen LogP contribution is -2.45. The van der Waals surface area contributed by atoms with Crippen LogP contribution < -0.4 is 0 Å². The minimum absolute atomic E-state index is 0.181. The van der Waals surface area contributed by atoms with Gasteiger partial charge >= 0.3 is 0 Å². The molecule has 0 saturated heterocycles. The van der Waals surface area contributed by atoms with Crippen molar-refractivity contribution in [3.8, 4) is 11.1 Å². The number of hydrogen-bond acceptors (Lipinski definition) is 2. The van der Waals surface area contributed by atoms with Crippen LogP contribution in [0, 0.1) is 5.92 Å². The van der Waals surface area contributed by atoms with Crippen LogP contribution in [0.1, 0.15) is 25.8 Å². The predicted octanol–water partition coefficient (Wildman–Crippen LogP) is 5.66. The average molecular weight is 382 g/mol. The van der Waals surface area contributed by atoms with Crippen LogP contribution in [0.5, 0.6) is 0 Å². The molecule has 0 heterocycles. The van der Waals surface area contributed by atoms with Crippen LogP contribution in [0.3, 0.4) is 0 Å². The van der Waals surface area contributed by atoms with Crippen LogP contribution in [0.25, 0.3) is 21.9 Å². The molecule has 0 bridgehead atoms. The highest BCUT2D eigenvalue weighted by Gasteiger charge is 2.42. The van der Waals surface area contributed by atoms with Crippen LogP contribution in [0.4, 0.5) is 8.78 Å². The fraction of sp³-hybridized carbons (Fsp3) is 0.292. The van der Waals surface area contributed by atoms with Crippen molar-refractivity contribution in [1.82, 2.24) is 0 Å². The minimum atomic E-state index is -2.96. The van der Waals surface area contributed by atoms with Crippen molar-refractivity contribution in [2.24, 2.45) is 5.92 Å². The molecule has 2 atom stereocenters. The van der Waals surface area contributed by atoms with E-state index in [2.05, 4.69) is 24.3 Å². The fourth-order valence-electron chi connectivity index (χ4n) is 3.63. The van der Waals surface area contributed by atoms with Crippen LogP contribution in [-0.2, 0) is 11.2 Å². The summed E-state index contributed by atoms with van der Waals surface area (Å²) in [6, 6.07) is 22.3.